The van der Waals surface area contributed by atoms with Crippen LogP contribution in [0.15, 0.2) is 59.4 Å². The van der Waals surface area contributed by atoms with Crippen molar-refractivity contribution < 1.29 is 18.3 Å². The number of ether oxygens (including phenoxy) is 1. The topological polar surface area (TPSA) is 77.6 Å². The molecule has 7 nitrogen and oxygen atoms in total. The molecule has 0 atom stereocenters. The quantitative estimate of drug-likeness (QED) is 0.560. The van der Waals surface area contributed by atoms with Gasteiger partial charge in [-0.1, -0.05) is 12.1 Å². The van der Waals surface area contributed by atoms with E-state index in [1.165, 1.54) is 28.8 Å². The number of aromatic nitrogens is 3. The Morgan fingerprint density at radius 1 is 1.17 bits per heavy atom. The summed E-state index contributed by atoms with van der Waals surface area (Å²) in [4.78, 5) is 25.5. The number of carbonyl (C=O) groups excluding carboxylic acids is 1. The number of hydrogen-bond acceptors (Lipinski definition) is 4. The summed E-state index contributed by atoms with van der Waals surface area (Å²) in [5.74, 6) is -0.453. The van der Waals surface area contributed by atoms with Crippen molar-refractivity contribution in [2.24, 2.45) is 0 Å². The number of amides is 1. The highest BCUT2D eigenvalue weighted by Crippen LogP contribution is 2.18. The van der Waals surface area contributed by atoms with Crippen molar-refractivity contribution in [3.8, 4) is 5.75 Å². The number of alkyl halides is 2. The lowest BCUT2D eigenvalue weighted by molar-refractivity contribution is -0.116. The second-order valence-electron chi connectivity index (χ2n) is 6.42. The largest absolute Gasteiger partial charge is 0.435 e. The smallest absolute Gasteiger partial charge is 0.387 e. The summed E-state index contributed by atoms with van der Waals surface area (Å²) in [5, 5.41) is 7.51. The molecule has 148 valence electrons. The van der Waals surface area contributed by atoms with Crippen molar-refractivity contribution in [3.05, 3.63) is 70.6 Å². The van der Waals surface area contributed by atoms with Gasteiger partial charge in [0.2, 0.25) is 5.91 Å². The molecule has 4 aromatic rings. The number of para-hydroxylation sites is 1. The highest BCUT2D eigenvalue weighted by atomic mass is 19.3. The number of halogens is 2. The summed E-state index contributed by atoms with van der Waals surface area (Å²) in [6.07, 6.45) is 0. The Kier molecular flexibility index (Phi) is 4.71. The van der Waals surface area contributed by atoms with Gasteiger partial charge in [0.1, 0.15) is 17.9 Å². The molecule has 2 aromatic heterocycles. The van der Waals surface area contributed by atoms with E-state index in [4.69, 9.17) is 0 Å². The number of hydrogen-bond donors (Lipinski definition) is 1. The first-order chi connectivity index (χ1) is 13.9. The number of benzene rings is 2. The van der Waals surface area contributed by atoms with Crippen LogP contribution in [0.5, 0.6) is 5.75 Å². The van der Waals surface area contributed by atoms with Crippen LogP contribution in [0, 0.1) is 6.92 Å². The Morgan fingerprint density at radius 3 is 2.62 bits per heavy atom. The average molecular weight is 398 g/mol. The second-order valence-corrected chi connectivity index (χ2v) is 6.42. The zero-order chi connectivity index (χ0) is 20.5. The third-order valence-corrected chi connectivity index (χ3v) is 4.36. The molecule has 9 heteroatoms. The highest BCUT2D eigenvalue weighted by Gasteiger charge is 2.15. The SMILES string of the molecule is Cc1cc2n(CC(=O)Nc3ccc(OC(F)F)cc3)c(=O)c3ccccc3n2n1. The van der Waals surface area contributed by atoms with Gasteiger partial charge < -0.3 is 10.1 Å². The van der Waals surface area contributed by atoms with Crippen LogP contribution in [0.2, 0.25) is 0 Å². The maximum atomic E-state index is 12.9. The van der Waals surface area contributed by atoms with E-state index in [9.17, 15) is 18.4 Å². The molecular formula is C20H16F2N4O3. The van der Waals surface area contributed by atoms with Crippen molar-refractivity contribution >= 4 is 28.1 Å². The van der Waals surface area contributed by atoms with Crippen molar-refractivity contribution in [2.45, 2.75) is 20.1 Å². The lowest BCUT2D eigenvalue weighted by Crippen LogP contribution is -2.29. The van der Waals surface area contributed by atoms with E-state index in [0.29, 0.717) is 27.9 Å². The van der Waals surface area contributed by atoms with Gasteiger partial charge in [-0.2, -0.15) is 13.9 Å². The molecule has 1 amide bonds. The van der Waals surface area contributed by atoms with Gasteiger partial charge in [-0.3, -0.25) is 14.2 Å². The number of fused-ring (bicyclic) bond motifs is 3. The van der Waals surface area contributed by atoms with Crippen molar-refractivity contribution in [1.29, 1.82) is 0 Å². The lowest BCUT2D eigenvalue weighted by Gasteiger charge is -2.11. The Balaban J connectivity index is 1.64. The molecule has 1 N–H and O–H groups in total. The minimum atomic E-state index is -2.92. The van der Waals surface area contributed by atoms with Crippen LogP contribution in [-0.4, -0.2) is 26.7 Å². The molecule has 2 heterocycles. The van der Waals surface area contributed by atoms with Crippen LogP contribution in [0.3, 0.4) is 0 Å². The first-order valence-corrected chi connectivity index (χ1v) is 8.75. The van der Waals surface area contributed by atoms with E-state index in [-0.39, 0.29) is 17.9 Å². The Labute approximate surface area is 163 Å². The lowest BCUT2D eigenvalue weighted by atomic mass is 10.2. The normalized spacial score (nSPS) is 11.3. The first-order valence-electron chi connectivity index (χ1n) is 8.75. The fourth-order valence-corrected chi connectivity index (χ4v) is 3.16. The Bertz CT molecular complexity index is 1260. The van der Waals surface area contributed by atoms with Gasteiger partial charge >= 0.3 is 6.61 Å². The monoisotopic (exact) mass is 398 g/mol. The van der Waals surface area contributed by atoms with Crippen LogP contribution in [0.1, 0.15) is 5.69 Å². The summed E-state index contributed by atoms with van der Waals surface area (Å²) in [5.41, 5.74) is 1.97. The molecule has 0 spiro atoms. The van der Waals surface area contributed by atoms with Gasteiger partial charge in [0.15, 0.2) is 0 Å². The Morgan fingerprint density at radius 2 is 1.90 bits per heavy atom. The molecule has 0 saturated carbocycles. The fraction of sp³-hybridized carbons (Fsp3) is 0.150. The molecule has 0 saturated heterocycles. The Hall–Kier alpha value is -3.75. The molecule has 0 unspecified atom stereocenters. The molecule has 0 aliphatic carbocycles. The van der Waals surface area contributed by atoms with Crippen molar-refractivity contribution in [3.63, 3.8) is 0 Å². The number of nitrogens with zero attached hydrogens (tertiary/aromatic N) is 3. The predicted octanol–water partition coefficient (Wildman–Crippen LogP) is 3.20. The van der Waals surface area contributed by atoms with Gasteiger partial charge in [-0.05, 0) is 43.3 Å². The summed E-state index contributed by atoms with van der Waals surface area (Å²) < 4.78 is 31.7. The third-order valence-electron chi connectivity index (χ3n) is 4.36. The molecule has 0 aliphatic heterocycles. The van der Waals surface area contributed by atoms with E-state index in [1.54, 1.807) is 35.7 Å². The van der Waals surface area contributed by atoms with Crippen LogP contribution in [0.4, 0.5) is 14.5 Å². The molecule has 0 bridgehead atoms. The maximum Gasteiger partial charge on any atom is 0.387 e. The van der Waals surface area contributed by atoms with Crippen LogP contribution >= 0.6 is 0 Å². The fourth-order valence-electron chi connectivity index (χ4n) is 3.16. The molecule has 29 heavy (non-hydrogen) atoms. The van der Waals surface area contributed by atoms with Gasteiger partial charge in [-0.15, -0.1) is 0 Å². The van der Waals surface area contributed by atoms with Gasteiger partial charge in [-0.25, -0.2) is 4.52 Å². The molecule has 0 fully saturated rings. The number of anilines is 1. The second kappa shape index (κ2) is 7.34. The molecule has 4 rings (SSSR count). The summed E-state index contributed by atoms with van der Waals surface area (Å²) in [6.45, 7) is -1.34. The molecule has 0 radical (unpaired) electrons. The van der Waals surface area contributed by atoms with E-state index in [1.807, 2.05) is 6.07 Å². The predicted molar refractivity (Wildman–Crippen MR) is 103 cm³/mol. The van der Waals surface area contributed by atoms with E-state index >= 15 is 0 Å². The molecular weight excluding hydrogens is 382 g/mol. The average Bonchev–Trinajstić information content (AvgIpc) is 3.08. The van der Waals surface area contributed by atoms with Gasteiger partial charge in [0, 0.05) is 11.8 Å². The standard InChI is InChI=1S/C20H16F2N4O3/c1-12-10-18-25(19(28)15-4-2-3-5-16(15)26(18)24-12)11-17(27)23-13-6-8-14(9-7-13)29-20(21)22/h2-10,20H,11H2,1H3,(H,23,27). The first kappa shape index (κ1) is 18.6. The van der Waals surface area contributed by atoms with Gasteiger partial charge in [0.05, 0.1) is 16.6 Å². The van der Waals surface area contributed by atoms with Gasteiger partial charge in [0.25, 0.3) is 5.56 Å². The van der Waals surface area contributed by atoms with E-state index in [2.05, 4.69) is 15.2 Å². The minimum absolute atomic E-state index is 0.0137. The number of carbonyl (C=O) groups is 1. The highest BCUT2D eigenvalue weighted by molar-refractivity contribution is 5.91. The van der Waals surface area contributed by atoms with E-state index < -0.39 is 12.5 Å². The summed E-state index contributed by atoms with van der Waals surface area (Å²) in [6, 6.07) is 14.3. The third kappa shape index (κ3) is 3.66. The zero-order valence-electron chi connectivity index (χ0n) is 15.3. The zero-order valence-corrected chi connectivity index (χ0v) is 15.3. The minimum Gasteiger partial charge on any atom is -0.435 e. The summed E-state index contributed by atoms with van der Waals surface area (Å²) in [7, 11) is 0. The van der Waals surface area contributed by atoms with Crippen molar-refractivity contribution in [1.82, 2.24) is 14.2 Å². The van der Waals surface area contributed by atoms with Crippen LogP contribution in [0.25, 0.3) is 16.6 Å². The molecule has 0 aliphatic rings. The number of aryl methyl sites for hydroxylation is 1. The van der Waals surface area contributed by atoms with Crippen molar-refractivity contribution in [2.75, 3.05) is 5.32 Å². The number of nitrogens with one attached hydrogen (secondary N) is 1. The van der Waals surface area contributed by atoms with E-state index in [0.717, 1.165) is 0 Å². The van der Waals surface area contributed by atoms with Crippen LogP contribution < -0.4 is 15.6 Å². The summed E-state index contributed by atoms with van der Waals surface area (Å²) >= 11 is 0. The number of rotatable bonds is 5. The van der Waals surface area contributed by atoms with Crippen LogP contribution in [-0.2, 0) is 11.3 Å². The maximum absolute atomic E-state index is 12.9. The molecule has 2 aromatic carbocycles.